The van der Waals surface area contributed by atoms with Crippen LogP contribution < -0.4 is 0 Å². The molecule has 24 heavy (non-hydrogen) atoms. The molecule has 5 heteroatoms. The zero-order chi connectivity index (χ0) is 16.7. The first-order valence-corrected chi connectivity index (χ1v) is 9.08. The fraction of sp³-hybridized carbons (Fsp3) is 0.579. The van der Waals surface area contributed by atoms with Gasteiger partial charge < -0.3 is 9.30 Å². The summed E-state index contributed by atoms with van der Waals surface area (Å²) in [7, 11) is 0. The molecule has 0 unspecified atom stereocenters. The fourth-order valence-electron chi connectivity index (χ4n) is 4.56. The van der Waals surface area contributed by atoms with Crippen LogP contribution in [0.2, 0.25) is 0 Å². The monoisotopic (exact) mass is 326 g/mol. The van der Waals surface area contributed by atoms with Crippen LogP contribution >= 0.6 is 0 Å². The number of hydrogen-bond donors (Lipinski definition) is 0. The van der Waals surface area contributed by atoms with E-state index < -0.39 is 0 Å². The Bertz CT molecular complexity index is 753. The van der Waals surface area contributed by atoms with Gasteiger partial charge in [-0.3, -0.25) is 9.69 Å². The summed E-state index contributed by atoms with van der Waals surface area (Å²) in [6.07, 6.45) is 8.91. The van der Waals surface area contributed by atoms with E-state index in [-0.39, 0.29) is 5.91 Å². The Kier molecular flexibility index (Phi) is 4.04. The van der Waals surface area contributed by atoms with Gasteiger partial charge in [-0.25, -0.2) is 4.98 Å². The average molecular weight is 326 g/mol. The quantitative estimate of drug-likeness (QED) is 0.870. The number of amides is 1. The molecule has 0 N–H and O–H groups in total. The SMILES string of the molecule is CC(=O)N1CCC[C@@H]1[C@H]1CCCN1Cc1cn2cccc(C)c2n1. The van der Waals surface area contributed by atoms with Gasteiger partial charge in [0.25, 0.3) is 0 Å². The molecule has 2 fully saturated rings. The van der Waals surface area contributed by atoms with Crippen molar-refractivity contribution in [3.05, 3.63) is 35.8 Å². The summed E-state index contributed by atoms with van der Waals surface area (Å²) in [5.74, 6) is 0.229. The molecule has 0 saturated carbocycles. The number of aryl methyl sites for hydroxylation is 1. The molecule has 0 aliphatic carbocycles. The summed E-state index contributed by atoms with van der Waals surface area (Å²) in [6.45, 7) is 6.74. The van der Waals surface area contributed by atoms with Crippen LogP contribution in [0, 0.1) is 6.92 Å². The van der Waals surface area contributed by atoms with Crippen molar-refractivity contribution in [3.8, 4) is 0 Å². The van der Waals surface area contributed by atoms with Gasteiger partial charge in [0.05, 0.1) is 5.69 Å². The van der Waals surface area contributed by atoms with E-state index in [1.165, 1.54) is 18.4 Å². The van der Waals surface area contributed by atoms with Crippen LogP contribution in [-0.2, 0) is 11.3 Å². The number of pyridine rings is 1. The molecule has 128 valence electrons. The summed E-state index contributed by atoms with van der Waals surface area (Å²) >= 11 is 0. The van der Waals surface area contributed by atoms with Gasteiger partial charge in [0.1, 0.15) is 5.65 Å². The zero-order valence-electron chi connectivity index (χ0n) is 14.6. The maximum absolute atomic E-state index is 11.9. The molecule has 5 nitrogen and oxygen atoms in total. The summed E-state index contributed by atoms with van der Waals surface area (Å²) < 4.78 is 2.12. The highest BCUT2D eigenvalue weighted by Crippen LogP contribution is 2.31. The first kappa shape index (κ1) is 15.6. The van der Waals surface area contributed by atoms with Crippen LogP contribution in [0.5, 0.6) is 0 Å². The Morgan fingerprint density at radius 1 is 1.25 bits per heavy atom. The molecule has 0 spiro atoms. The second-order valence-electron chi connectivity index (χ2n) is 7.26. The summed E-state index contributed by atoms with van der Waals surface area (Å²) in [5, 5.41) is 0. The van der Waals surface area contributed by atoms with Crippen LogP contribution in [0.1, 0.15) is 43.9 Å². The molecule has 2 aromatic heterocycles. The van der Waals surface area contributed by atoms with Gasteiger partial charge in [-0.15, -0.1) is 0 Å². The molecule has 0 radical (unpaired) electrons. The van der Waals surface area contributed by atoms with E-state index in [0.717, 1.165) is 43.8 Å². The van der Waals surface area contributed by atoms with Gasteiger partial charge in [-0.05, 0) is 50.8 Å². The molecular weight excluding hydrogens is 300 g/mol. The molecule has 2 aliphatic heterocycles. The highest BCUT2D eigenvalue weighted by atomic mass is 16.2. The fourth-order valence-corrected chi connectivity index (χ4v) is 4.56. The smallest absolute Gasteiger partial charge is 0.219 e. The van der Waals surface area contributed by atoms with Crippen LogP contribution in [-0.4, -0.2) is 50.3 Å². The molecule has 2 aliphatic rings. The van der Waals surface area contributed by atoms with Crippen molar-refractivity contribution in [1.82, 2.24) is 19.2 Å². The van der Waals surface area contributed by atoms with Gasteiger partial charge in [0, 0.05) is 44.5 Å². The maximum atomic E-state index is 11.9. The van der Waals surface area contributed by atoms with Crippen LogP contribution in [0.3, 0.4) is 0 Å². The van der Waals surface area contributed by atoms with Crippen molar-refractivity contribution in [3.63, 3.8) is 0 Å². The Morgan fingerprint density at radius 3 is 2.83 bits per heavy atom. The van der Waals surface area contributed by atoms with E-state index in [2.05, 4.69) is 45.7 Å². The summed E-state index contributed by atoms with van der Waals surface area (Å²) in [4.78, 5) is 21.4. The third-order valence-electron chi connectivity index (χ3n) is 5.65. The van der Waals surface area contributed by atoms with Crippen LogP contribution in [0.15, 0.2) is 24.5 Å². The van der Waals surface area contributed by atoms with E-state index in [4.69, 9.17) is 4.98 Å². The lowest BCUT2D eigenvalue weighted by Crippen LogP contribution is -2.47. The molecule has 0 aromatic carbocycles. The Balaban J connectivity index is 1.54. The van der Waals surface area contributed by atoms with Gasteiger partial charge in [0.2, 0.25) is 5.91 Å². The molecule has 1 amide bonds. The van der Waals surface area contributed by atoms with Crippen molar-refractivity contribution in [2.24, 2.45) is 0 Å². The van der Waals surface area contributed by atoms with Crippen molar-refractivity contribution < 1.29 is 4.79 Å². The molecule has 4 rings (SSSR count). The summed E-state index contributed by atoms with van der Waals surface area (Å²) in [6, 6.07) is 5.05. The molecular formula is C19H26N4O. The van der Waals surface area contributed by atoms with Crippen LogP contribution in [0.25, 0.3) is 5.65 Å². The predicted molar refractivity (Wildman–Crippen MR) is 93.8 cm³/mol. The zero-order valence-corrected chi connectivity index (χ0v) is 14.6. The largest absolute Gasteiger partial charge is 0.338 e. The Morgan fingerprint density at radius 2 is 2.04 bits per heavy atom. The highest BCUT2D eigenvalue weighted by Gasteiger charge is 2.38. The van der Waals surface area contributed by atoms with Crippen LogP contribution in [0.4, 0.5) is 0 Å². The number of rotatable bonds is 3. The third kappa shape index (κ3) is 2.71. The van der Waals surface area contributed by atoms with Gasteiger partial charge >= 0.3 is 0 Å². The lowest BCUT2D eigenvalue weighted by Gasteiger charge is -2.34. The van der Waals surface area contributed by atoms with E-state index in [1.807, 2.05) is 0 Å². The second kappa shape index (κ2) is 6.20. The number of fused-ring (bicyclic) bond motifs is 1. The molecule has 2 saturated heterocycles. The van der Waals surface area contributed by atoms with Gasteiger partial charge in [-0.1, -0.05) is 6.07 Å². The predicted octanol–water partition coefficient (Wildman–Crippen LogP) is 2.62. The minimum atomic E-state index is 0.229. The van der Waals surface area contributed by atoms with Crippen molar-refractivity contribution in [2.75, 3.05) is 13.1 Å². The summed E-state index contributed by atoms with van der Waals surface area (Å²) in [5.41, 5.74) is 3.39. The average Bonchev–Trinajstić information content (AvgIpc) is 3.25. The lowest BCUT2D eigenvalue weighted by molar-refractivity contribution is -0.130. The first-order valence-electron chi connectivity index (χ1n) is 9.08. The Labute approximate surface area is 143 Å². The molecule has 0 bridgehead atoms. The minimum absolute atomic E-state index is 0.229. The van der Waals surface area contributed by atoms with E-state index in [1.54, 1.807) is 6.92 Å². The number of carbonyl (C=O) groups is 1. The first-order chi connectivity index (χ1) is 11.6. The topological polar surface area (TPSA) is 40.9 Å². The van der Waals surface area contributed by atoms with Gasteiger partial charge in [0.15, 0.2) is 0 Å². The third-order valence-corrected chi connectivity index (χ3v) is 5.65. The minimum Gasteiger partial charge on any atom is -0.338 e. The molecule has 2 aromatic rings. The number of carbonyl (C=O) groups excluding carboxylic acids is 1. The maximum Gasteiger partial charge on any atom is 0.219 e. The van der Waals surface area contributed by atoms with E-state index in [9.17, 15) is 4.79 Å². The standard InChI is InChI=1S/C19H26N4O/c1-14-6-3-10-22-13-16(20-19(14)22)12-21-9-4-7-17(21)18-8-5-11-23(18)15(2)24/h3,6,10,13,17-18H,4-5,7-9,11-12H2,1-2H3/t17-,18-/m1/s1. The normalized spacial score (nSPS) is 25.0. The number of hydrogen-bond acceptors (Lipinski definition) is 3. The number of imidazole rings is 1. The van der Waals surface area contributed by atoms with Gasteiger partial charge in [-0.2, -0.15) is 0 Å². The lowest BCUT2D eigenvalue weighted by atomic mass is 10.0. The van der Waals surface area contributed by atoms with E-state index in [0.29, 0.717) is 12.1 Å². The Hall–Kier alpha value is -1.88. The van der Waals surface area contributed by atoms with Crippen molar-refractivity contribution in [1.29, 1.82) is 0 Å². The van der Waals surface area contributed by atoms with Crippen molar-refractivity contribution in [2.45, 2.75) is 58.2 Å². The number of aromatic nitrogens is 2. The van der Waals surface area contributed by atoms with Crippen molar-refractivity contribution >= 4 is 11.6 Å². The molecule has 2 atom stereocenters. The highest BCUT2D eigenvalue weighted by molar-refractivity contribution is 5.74. The number of likely N-dealkylation sites (tertiary alicyclic amines) is 2. The van der Waals surface area contributed by atoms with E-state index >= 15 is 0 Å². The second-order valence-corrected chi connectivity index (χ2v) is 7.26. The molecule has 4 heterocycles. The number of nitrogens with zero attached hydrogens (tertiary/aromatic N) is 4.